The molecule has 0 unspecified atom stereocenters. The average molecular weight is 400 g/mol. The van der Waals surface area contributed by atoms with Gasteiger partial charge in [0.2, 0.25) is 0 Å². The van der Waals surface area contributed by atoms with Gasteiger partial charge in [0.25, 0.3) is 5.91 Å². The van der Waals surface area contributed by atoms with Crippen LogP contribution >= 0.6 is 23.2 Å². The zero-order valence-corrected chi connectivity index (χ0v) is 14.9. The molecular formula is C18H13Cl2F2NO3. The molecule has 1 amide bonds. The van der Waals surface area contributed by atoms with Crippen LogP contribution in [0.2, 0.25) is 10.0 Å². The molecule has 0 heterocycles. The highest BCUT2D eigenvalue weighted by atomic mass is 35.5. The standard InChI is InChI=1S/C18H13Cl2F2NO3/c1-10(18(25)23-16-9-11(21)5-7-15(16)22)26-17(24)8-6-12-13(19)3-2-4-14(12)20/h2-10H,1H3,(H,23,25)/b8-6+/t10-/m1/s1. The van der Waals surface area contributed by atoms with Crippen molar-refractivity contribution in [2.45, 2.75) is 13.0 Å². The Balaban J connectivity index is 1.99. The molecule has 26 heavy (non-hydrogen) atoms. The lowest BCUT2D eigenvalue weighted by Gasteiger charge is -2.13. The monoisotopic (exact) mass is 399 g/mol. The summed E-state index contributed by atoms with van der Waals surface area (Å²) in [4.78, 5) is 23.8. The molecule has 0 aromatic heterocycles. The van der Waals surface area contributed by atoms with Gasteiger partial charge in [-0.1, -0.05) is 29.3 Å². The van der Waals surface area contributed by atoms with Crippen LogP contribution in [0.4, 0.5) is 14.5 Å². The molecule has 136 valence electrons. The van der Waals surface area contributed by atoms with Crippen LogP contribution in [0.5, 0.6) is 0 Å². The van der Waals surface area contributed by atoms with Crippen molar-refractivity contribution in [3.63, 3.8) is 0 Å². The third-order valence-electron chi connectivity index (χ3n) is 3.23. The first-order chi connectivity index (χ1) is 12.3. The molecule has 0 saturated heterocycles. The number of carbonyl (C=O) groups excluding carboxylic acids is 2. The number of hydrogen-bond donors (Lipinski definition) is 1. The molecule has 0 aliphatic heterocycles. The Labute approximate surface area is 158 Å². The van der Waals surface area contributed by atoms with Crippen LogP contribution < -0.4 is 5.32 Å². The van der Waals surface area contributed by atoms with Gasteiger partial charge in [0.05, 0.1) is 5.69 Å². The SMILES string of the molecule is C[C@@H](OC(=O)/C=C/c1c(Cl)cccc1Cl)C(=O)Nc1cc(F)ccc1F. The van der Waals surface area contributed by atoms with Crippen molar-refractivity contribution < 1.29 is 23.1 Å². The fourth-order valence-corrected chi connectivity index (χ4v) is 2.44. The fraction of sp³-hybridized carbons (Fsp3) is 0.111. The fourth-order valence-electron chi connectivity index (χ4n) is 1.92. The normalized spacial score (nSPS) is 12.0. The highest BCUT2D eigenvalue weighted by Crippen LogP contribution is 2.25. The largest absolute Gasteiger partial charge is 0.449 e. The van der Waals surface area contributed by atoms with Crippen LogP contribution in [-0.4, -0.2) is 18.0 Å². The number of carbonyl (C=O) groups is 2. The molecular weight excluding hydrogens is 387 g/mol. The smallest absolute Gasteiger partial charge is 0.331 e. The first-order valence-electron chi connectivity index (χ1n) is 7.36. The summed E-state index contributed by atoms with van der Waals surface area (Å²) >= 11 is 11.9. The molecule has 2 aromatic rings. The van der Waals surface area contributed by atoms with Crippen LogP contribution in [-0.2, 0) is 14.3 Å². The maximum Gasteiger partial charge on any atom is 0.331 e. The van der Waals surface area contributed by atoms with Gasteiger partial charge in [-0.3, -0.25) is 4.79 Å². The Morgan fingerprint density at radius 2 is 1.81 bits per heavy atom. The zero-order valence-electron chi connectivity index (χ0n) is 13.4. The van der Waals surface area contributed by atoms with E-state index in [-0.39, 0.29) is 5.69 Å². The van der Waals surface area contributed by atoms with Crippen molar-refractivity contribution in [3.8, 4) is 0 Å². The topological polar surface area (TPSA) is 55.4 Å². The molecule has 0 bridgehead atoms. The van der Waals surface area contributed by atoms with Crippen molar-refractivity contribution >= 4 is 46.8 Å². The van der Waals surface area contributed by atoms with E-state index in [0.29, 0.717) is 15.6 Å². The molecule has 0 aliphatic carbocycles. The van der Waals surface area contributed by atoms with E-state index in [4.69, 9.17) is 27.9 Å². The van der Waals surface area contributed by atoms with Crippen molar-refractivity contribution in [1.29, 1.82) is 0 Å². The van der Waals surface area contributed by atoms with Crippen LogP contribution in [0.1, 0.15) is 12.5 Å². The maximum absolute atomic E-state index is 13.5. The van der Waals surface area contributed by atoms with Crippen LogP contribution in [0.3, 0.4) is 0 Å². The third kappa shape index (κ3) is 5.28. The minimum absolute atomic E-state index is 0.342. The quantitative estimate of drug-likeness (QED) is 0.577. The summed E-state index contributed by atoms with van der Waals surface area (Å²) in [6.07, 6.45) is 1.17. The molecule has 8 heteroatoms. The lowest BCUT2D eigenvalue weighted by atomic mass is 10.2. The Bertz CT molecular complexity index is 851. The number of ether oxygens (including phenoxy) is 1. The second-order valence-corrected chi connectivity index (χ2v) is 5.98. The van der Waals surface area contributed by atoms with Crippen LogP contribution in [0, 0.1) is 11.6 Å². The van der Waals surface area contributed by atoms with Gasteiger partial charge in [-0.05, 0) is 37.3 Å². The number of halogens is 4. The second kappa shape index (κ2) is 8.78. The van der Waals surface area contributed by atoms with Gasteiger partial charge in [0, 0.05) is 27.8 Å². The van der Waals surface area contributed by atoms with Crippen molar-refractivity contribution in [3.05, 3.63) is 69.7 Å². The molecule has 1 N–H and O–H groups in total. The molecule has 1 atom stereocenters. The van der Waals surface area contributed by atoms with E-state index in [9.17, 15) is 18.4 Å². The van der Waals surface area contributed by atoms with Gasteiger partial charge in [-0.25, -0.2) is 13.6 Å². The number of esters is 1. The summed E-state index contributed by atoms with van der Waals surface area (Å²) in [5.41, 5.74) is 0.0722. The predicted molar refractivity (Wildman–Crippen MR) is 96.0 cm³/mol. The third-order valence-corrected chi connectivity index (χ3v) is 3.89. The minimum Gasteiger partial charge on any atom is -0.449 e. The first-order valence-corrected chi connectivity index (χ1v) is 8.12. The van der Waals surface area contributed by atoms with Gasteiger partial charge in [-0.2, -0.15) is 0 Å². The summed E-state index contributed by atoms with van der Waals surface area (Å²) in [6.45, 7) is 1.29. The summed E-state index contributed by atoms with van der Waals surface area (Å²) in [5, 5.41) is 2.83. The maximum atomic E-state index is 13.5. The molecule has 0 spiro atoms. The van der Waals surface area contributed by atoms with Crippen LogP contribution in [0.15, 0.2) is 42.5 Å². The summed E-state index contributed by atoms with van der Waals surface area (Å²) in [6, 6.07) is 7.46. The highest BCUT2D eigenvalue weighted by molar-refractivity contribution is 6.37. The number of hydrogen-bond acceptors (Lipinski definition) is 3. The number of nitrogens with one attached hydrogen (secondary N) is 1. The number of amides is 1. The first kappa shape index (κ1) is 19.9. The van der Waals surface area contributed by atoms with Gasteiger partial charge >= 0.3 is 5.97 Å². The van der Waals surface area contributed by atoms with Gasteiger partial charge < -0.3 is 10.1 Å². The molecule has 2 rings (SSSR count). The van der Waals surface area contributed by atoms with Crippen molar-refractivity contribution in [2.24, 2.45) is 0 Å². The Morgan fingerprint density at radius 1 is 1.15 bits per heavy atom. The molecule has 4 nitrogen and oxygen atoms in total. The van der Waals surface area contributed by atoms with Gasteiger partial charge in [0.1, 0.15) is 11.6 Å². The summed E-state index contributed by atoms with van der Waals surface area (Å²) in [5.74, 6) is -3.17. The van der Waals surface area contributed by atoms with Gasteiger partial charge in [-0.15, -0.1) is 0 Å². The van der Waals surface area contributed by atoms with E-state index in [1.807, 2.05) is 0 Å². The number of anilines is 1. The Kier molecular flexibility index (Phi) is 6.71. The van der Waals surface area contributed by atoms with E-state index in [1.165, 1.54) is 13.0 Å². The lowest BCUT2D eigenvalue weighted by Crippen LogP contribution is -2.29. The molecule has 2 aromatic carbocycles. The highest BCUT2D eigenvalue weighted by Gasteiger charge is 2.18. The minimum atomic E-state index is -1.24. The summed E-state index contributed by atoms with van der Waals surface area (Å²) in [7, 11) is 0. The van der Waals surface area contributed by atoms with E-state index in [2.05, 4.69) is 5.32 Å². The van der Waals surface area contributed by atoms with E-state index in [0.717, 1.165) is 24.3 Å². The number of rotatable bonds is 5. The molecule has 0 radical (unpaired) electrons. The van der Waals surface area contributed by atoms with Crippen LogP contribution in [0.25, 0.3) is 6.08 Å². The second-order valence-electron chi connectivity index (χ2n) is 5.16. The Hall–Kier alpha value is -2.44. The molecule has 0 saturated carbocycles. The van der Waals surface area contributed by atoms with E-state index < -0.39 is 29.6 Å². The van der Waals surface area contributed by atoms with E-state index in [1.54, 1.807) is 18.2 Å². The molecule has 0 fully saturated rings. The molecule has 0 aliphatic rings. The predicted octanol–water partition coefficient (Wildman–Crippen LogP) is 4.86. The average Bonchev–Trinajstić information content (AvgIpc) is 2.57. The van der Waals surface area contributed by atoms with Gasteiger partial charge in [0.15, 0.2) is 6.10 Å². The lowest BCUT2D eigenvalue weighted by molar-refractivity contribution is -0.148. The van der Waals surface area contributed by atoms with Crippen molar-refractivity contribution in [2.75, 3.05) is 5.32 Å². The van der Waals surface area contributed by atoms with Crippen molar-refractivity contribution in [1.82, 2.24) is 0 Å². The van der Waals surface area contributed by atoms with E-state index >= 15 is 0 Å². The summed E-state index contributed by atoms with van der Waals surface area (Å²) < 4.78 is 31.5. The number of benzene rings is 2. The Morgan fingerprint density at radius 3 is 2.46 bits per heavy atom. The zero-order chi connectivity index (χ0) is 19.3.